The maximum Gasteiger partial charge on any atom is 0.246 e. The van der Waals surface area contributed by atoms with Gasteiger partial charge in [0.1, 0.15) is 16.5 Å². The first kappa shape index (κ1) is 14.4. The van der Waals surface area contributed by atoms with E-state index in [1.54, 1.807) is 13.8 Å². The van der Waals surface area contributed by atoms with Crippen LogP contribution >= 0.6 is 0 Å². The second-order valence-electron chi connectivity index (χ2n) is 4.65. The van der Waals surface area contributed by atoms with Gasteiger partial charge in [-0.05, 0) is 32.0 Å². The van der Waals surface area contributed by atoms with E-state index >= 15 is 0 Å². The molecular weight excluding hydrogens is 276 g/mol. The van der Waals surface area contributed by atoms with Gasteiger partial charge >= 0.3 is 0 Å². The average molecular weight is 291 g/mol. The molecule has 1 fully saturated rings. The van der Waals surface area contributed by atoms with E-state index < -0.39 is 26.6 Å². The van der Waals surface area contributed by atoms with Crippen LogP contribution in [0.2, 0.25) is 0 Å². The van der Waals surface area contributed by atoms with Crippen LogP contribution in [0.4, 0.5) is 8.78 Å². The summed E-state index contributed by atoms with van der Waals surface area (Å²) in [6.45, 7) is 3.73. The van der Waals surface area contributed by atoms with E-state index in [4.69, 9.17) is 4.74 Å². The van der Waals surface area contributed by atoms with E-state index in [2.05, 4.69) is 0 Å². The molecule has 0 aromatic heterocycles. The summed E-state index contributed by atoms with van der Waals surface area (Å²) >= 11 is 0. The van der Waals surface area contributed by atoms with E-state index in [0.29, 0.717) is 6.07 Å². The lowest BCUT2D eigenvalue weighted by Gasteiger charge is -2.34. The molecule has 0 spiro atoms. The normalized spacial score (nSPS) is 25.5. The lowest BCUT2D eigenvalue weighted by Crippen LogP contribution is -2.48. The molecule has 0 N–H and O–H groups in total. The van der Waals surface area contributed by atoms with Crippen molar-refractivity contribution in [2.24, 2.45) is 0 Å². The van der Waals surface area contributed by atoms with Crippen molar-refractivity contribution in [2.45, 2.75) is 31.0 Å². The quantitative estimate of drug-likeness (QED) is 0.834. The number of rotatable bonds is 2. The van der Waals surface area contributed by atoms with Crippen molar-refractivity contribution in [1.29, 1.82) is 0 Å². The monoisotopic (exact) mass is 291 g/mol. The molecule has 2 rings (SSSR count). The molecule has 0 saturated carbocycles. The van der Waals surface area contributed by atoms with Gasteiger partial charge in [0, 0.05) is 13.1 Å². The molecule has 1 saturated heterocycles. The Labute approximate surface area is 111 Å². The Morgan fingerprint density at radius 2 is 1.79 bits per heavy atom. The summed E-state index contributed by atoms with van der Waals surface area (Å²) in [6.07, 6.45) is -0.565. The second kappa shape index (κ2) is 5.15. The highest BCUT2D eigenvalue weighted by Crippen LogP contribution is 2.23. The average Bonchev–Trinajstić information content (AvgIpc) is 2.31. The Morgan fingerprint density at radius 1 is 1.21 bits per heavy atom. The largest absolute Gasteiger partial charge is 0.373 e. The fraction of sp³-hybridized carbons (Fsp3) is 0.500. The van der Waals surface area contributed by atoms with E-state index in [0.717, 1.165) is 16.4 Å². The van der Waals surface area contributed by atoms with Gasteiger partial charge in [-0.2, -0.15) is 4.31 Å². The van der Waals surface area contributed by atoms with Crippen molar-refractivity contribution in [3.05, 3.63) is 29.8 Å². The molecule has 0 bridgehead atoms. The molecule has 19 heavy (non-hydrogen) atoms. The maximum absolute atomic E-state index is 13.6. The first-order valence-corrected chi connectivity index (χ1v) is 7.35. The zero-order chi connectivity index (χ0) is 14.2. The predicted molar refractivity (Wildman–Crippen MR) is 65.1 cm³/mol. The molecule has 7 heteroatoms. The molecule has 1 heterocycles. The van der Waals surface area contributed by atoms with Gasteiger partial charge in [-0.15, -0.1) is 0 Å². The van der Waals surface area contributed by atoms with Gasteiger partial charge in [-0.3, -0.25) is 0 Å². The Kier molecular flexibility index (Phi) is 3.89. The highest BCUT2D eigenvalue weighted by molar-refractivity contribution is 7.89. The van der Waals surface area contributed by atoms with Crippen molar-refractivity contribution in [3.8, 4) is 0 Å². The Hall–Kier alpha value is -1.05. The molecule has 0 amide bonds. The minimum absolute atomic E-state index is 0.128. The fourth-order valence-corrected chi connectivity index (χ4v) is 3.81. The highest BCUT2D eigenvalue weighted by atomic mass is 32.2. The van der Waals surface area contributed by atoms with Crippen LogP contribution in [0.1, 0.15) is 13.8 Å². The number of hydrogen-bond donors (Lipinski definition) is 0. The second-order valence-corrected chi connectivity index (χ2v) is 6.56. The molecule has 106 valence electrons. The molecule has 0 unspecified atom stereocenters. The number of halogens is 2. The van der Waals surface area contributed by atoms with Gasteiger partial charge in [0.05, 0.1) is 12.2 Å². The molecule has 0 aliphatic carbocycles. The molecule has 4 nitrogen and oxygen atoms in total. The number of hydrogen-bond acceptors (Lipinski definition) is 3. The van der Waals surface area contributed by atoms with Crippen LogP contribution in [0.25, 0.3) is 0 Å². The van der Waals surface area contributed by atoms with Crippen LogP contribution in [0, 0.1) is 11.6 Å². The van der Waals surface area contributed by atoms with Crippen molar-refractivity contribution in [2.75, 3.05) is 13.1 Å². The zero-order valence-corrected chi connectivity index (χ0v) is 11.5. The van der Waals surface area contributed by atoms with Crippen molar-refractivity contribution < 1.29 is 21.9 Å². The number of ether oxygens (including phenoxy) is 1. The molecule has 1 aliphatic heterocycles. The summed E-state index contributed by atoms with van der Waals surface area (Å²) in [5.74, 6) is -1.73. The Bertz CT molecular complexity index is 566. The van der Waals surface area contributed by atoms with Crippen molar-refractivity contribution in [1.82, 2.24) is 4.31 Å². The lowest BCUT2D eigenvalue weighted by molar-refractivity contribution is -0.0441. The van der Waals surface area contributed by atoms with Gasteiger partial charge in [0.2, 0.25) is 10.0 Å². The van der Waals surface area contributed by atoms with Gasteiger partial charge in [0.15, 0.2) is 0 Å². The number of benzene rings is 1. The summed E-state index contributed by atoms with van der Waals surface area (Å²) < 4.78 is 57.9. The highest BCUT2D eigenvalue weighted by Gasteiger charge is 2.34. The van der Waals surface area contributed by atoms with Crippen molar-refractivity contribution in [3.63, 3.8) is 0 Å². The van der Waals surface area contributed by atoms with Crippen LogP contribution in [-0.4, -0.2) is 38.0 Å². The van der Waals surface area contributed by atoms with Crippen LogP contribution in [0.15, 0.2) is 23.1 Å². The summed E-state index contributed by atoms with van der Waals surface area (Å²) in [4.78, 5) is -0.631. The molecule has 2 atom stereocenters. The standard InChI is InChI=1S/C12H15F2NO3S/c1-8-6-15(7-9(2)18-8)19(16,17)12-5-10(13)3-4-11(12)14/h3-5,8-9H,6-7H2,1-2H3/t8-,9-/m1/s1. The third-order valence-corrected chi connectivity index (χ3v) is 4.74. The summed E-state index contributed by atoms with van der Waals surface area (Å²) in [5, 5.41) is 0. The topological polar surface area (TPSA) is 46.6 Å². The minimum atomic E-state index is -4.04. The van der Waals surface area contributed by atoms with Crippen LogP contribution in [0.5, 0.6) is 0 Å². The van der Waals surface area contributed by atoms with Gasteiger partial charge in [0.25, 0.3) is 0 Å². The first-order valence-electron chi connectivity index (χ1n) is 5.91. The predicted octanol–water partition coefficient (Wildman–Crippen LogP) is 1.76. The fourth-order valence-electron chi connectivity index (χ4n) is 2.14. The van der Waals surface area contributed by atoms with Gasteiger partial charge in [-0.25, -0.2) is 17.2 Å². The first-order chi connectivity index (χ1) is 8.80. The number of nitrogens with zero attached hydrogens (tertiary/aromatic N) is 1. The molecule has 1 aromatic rings. The van der Waals surface area contributed by atoms with Gasteiger partial charge < -0.3 is 4.74 Å². The van der Waals surface area contributed by atoms with E-state index in [-0.39, 0.29) is 25.3 Å². The molecule has 1 aromatic carbocycles. The zero-order valence-electron chi connectivity index (χ0n) is 10.6. The lowest BCUT2D eigenvalue weighted by atomic mass is 10.3. The smallest absolute Gasteiger partial charge is 0.246 e. The third-order valence-electron chi connectivity index (χ3n) is 2.90. The van der Waals surface area contributed by atoms with Crippen molar-refractivity contribution >= 4 is 10.0 Å². The van der Waals surface area contributed by atoms with Gasteiger partial charge in [-0.1, -0.05) is 0 Å². The SMILES string of the molecule is C[C@@H]1CN(S(=O)(=O)c2cc(F)ccc2F)C[C@@H](C)O1. The summed E-state index contributed by atoms with van der Waals surface area (Å²) in [5.41, 5.74) is 0. The van der Waals surface area contributed by atoms with Crippen LogP contribution in [-0.2, 0) is 14.8 Å². The minimum Gasteiger partial charge on any atom is -0.373 e. The van der Waals surface area contributed by atoms with Crippen LogP contribution in [0.3, 0.4) is 0 Å². The molecular formula is C12H15F2NO3S. The van der Waals surface area contributed by atoms with E-state index in [1.807, 2.05) is 0 Å². The third kappa shape index (κ3) is 2.93. The van der Waals surface area contributed by atoms with E-state index in [9.17, 15) is 17.2 Å². The Morgan fingerprint density at radius 3 is 2.37 bits per heavy atom. The summed E-state index contributed by atoms with van der Waals surface area (Å²) in [6, 6.07) is 2.41. The maximum atomic E-state index is 13.6. The van der Waals surface area contributed by atoms with Crippen LogP contribution < -0.4 is 0 Å². The Balaban J connectivity index is 2.39. The molecule has 1 aliphatic rings. The van der Waals surface area contributed by atoms with E-state index in [1.165, 1.54) is 0 Å². The number of morpholine rings is 1. The molecule has 0 radical (unpaired) electrons. The number of sulfonamides is 1. The summed E-state index contributed by atoms with van der Waals surface area (Å²) in [7, 11) is -4.04.